The molecule has 0 unspecified atom stereocenters. The van der Waals surface area contributed by atoms with Gasteiger partial charge in [-0.05, 0) is 56.3 Å². The number of hydrogen-bond acceptors (Lipinski definition) is 4. The first-order chi connectivity index (χ1) is 8.77. The SMILES string of the molecule is N/N=C1/NN=C(C23CC4CC(CC(C4)C2)C3)CS1. The average Bonchev–Trinajstić information content (AvgIpc) is 2.37. The molecule has 5 aliphatic rings. The second-order valence-corrected chi connectivity index (χ2v) is 7.56. The molecule has 4 fully saturated rings. The highest BCUT2D eigenvalue weighted by Gasteiger charge is 2.53. The Balaban J connectivity index is 1.62. The average molecular weight is 264 g/mol. The van der Waals surface area contributed by atoms with E-state index in [2.05, 4.69) is 15.6 Å². The Morgan fingerprint density at radius 1 is 1.17 bits per heavy atom. The lowest BCUT2D eigenvalue weighted by molar-refractivity contribution is -0.0126. The van der Waals surface area contributed by atoms with Crippen LogP contribution in [0.25, 0.3) is 0 Å². The summed E-state index contributed by atoms with van der Waals surface area (Å²) in [5.41, 5.74) is 4.83. The maximum atomic E-state index is 5.29. The summed E-state index contributed by atoms with van der Waals surface area (Å²) in [4.78, 5) is 0. The van der Waals surface area contributed by atoms with E-state index >= 15 is 0 Å². The highest BCUT2D eigenvalue weighted by molar-refractivity contribution is 8.14. The molecule has 0 radical (unpaired) electrons. The van der Waals surface area contributed by atoms with Gasteiger partial charge in [0, 0.05) is 11.2 Å². The predicted octanol–water partition coefficient (Wildman–Crippen LogP) is 2.12. The lowest BCUT2D eigenvalue weighted by atomic mass is 9.48. The third-order valence-electron chi connectivity index (χ3n) is 5.40. The van der Waals surface area contributed by atoms with E-state index in [4.69, 9.17) is 5.84 Å². The van der Waals surface area contributed by atoms with E-state index in [9.17, 15) is 0 Å². The van der Waals surface area contributed by atoms with Crippen LogP contribution in [0.1, 0.15) is 38.5 Å². The number of rotatable bonds is 1. The second-order valence-electron chi connectivity index (χ2n) is 6.59. The van der Waals surface area contributed by atoms with Crippen LogP contribution < -0.4 is 11.3 Å². The molecule has 98 valence electrons. The van der Waals surface area contributed by atoms with Crippen molar-refractivity contribution < 1.29 is 0 Å². The van der Waals surface area contributed by atoms with Crippen molar-refractivity contribution in [2.75, 3.05) is 5.75 Å². The Hall–Kier alpha value is -0.710. The highest BCUT2D eigenvalue weighted by Crippen LogP contribution is 2.60. The predicted molar refractivity (Wildman–Crippen MR) is 75.3 cm³/mol. The highest BCUT2D eigenvalue weighted by atomic mass is 32.2. The van der Waals surface area contributed by atoms with Gasteiger partial charge in [0.25, 0.3) is 0 Å². The zero-order chi connectivity index (χ0) is 12.2. The summed E-state index contributed by atoms with van der Waals surface area (Å²) >= 11 is 1.70. The summed E-state index contributed by atoms with van der Waals surface area (Å²) < 4.78 is 0. The molecule has 0 aromatic rings. The van der Waals surface area contributed by atoms with Gasteiger partial charge in [-0.1, -0.05) is 11.8 Å². The minimum Gasteiger partial charge on any atom is -0.321 e. The Kier molecular flexibility index (Phi) is 2.41. The van der Waals surface area contributed by atoms with Crippen molar-refractivity contribution in [1.29, 1.82) is 0 Å². The minimum absolute atomic E-state index is 0.425. The van der Waals surface area contributed by atoms with Crippen LogP contribution in [0.3, 0.4) is 0 Å². The molecule has 4 bridgehead atoms. The fraction of sp³-hybridized carbons (Fsp3) is 0.846. The molecule has 4 aliphatic carbocycles. The number of thioether (sulfide) groups is 1. The van der Waals surface area contributed by atoms with Crippen molar-refractivity contribution >= 4 is 22.6 Å². The normalized spacial score (nSPS) is 48.1. The first-order valence-electron chi connectivity index (χ1n) is 7.01. The largest absolute Gasteiger partial charge is 0.321 e. The van der Waals surface area contributed by atoms with Crippen LogP contribution in [0, 0.1) is 23.2 Å². The van der Waals surface area contributed by atoms with Crippen LogP contribution in [0.5, 0.6) is 0 Å². The first-order valence-corrected chi connectivity index (χ1v) is 8.00. The van der Waals surface area contributed by atoms with E-state index < -0.39 is 0 Å². The van der Waals surface area contributed by atoms with Crippen LogP contribution in [0.4, 0.5) is 0 Å². The van der Waals surface area contributed by atoms with Gasteiger partial charge in [-0.15, -0.1) is 0 Å². The van der Waals surface area contributed by atoms with Gasteiger partial charge in [-0.25, -0.2) is 0 Å². The molecule has 5 heteroatoms. The van der Waals surface area contributed by atoms with Gasteiger partial charge in [0.1, 0.15) is 0 Å². The molecular formula is C13H20N4S. The van der Waals surface area contributed by atoms with Gasteiger partial charge in [0.2, 0.25) is 5.17 Å². The number of hydrogen-bond donors (Lipinski definition) is 2. The smallest absolute Gasteiger partial charge is 0.200 e. The van der Waals surface area contributed by atoms with Gasteiger partial charge in [0.05, 0.1) is 5.71 Å². The Bertz CT molecular complexity index is 393. The number of hydrazone groups is 2. The van der Waals surface area contributed by atoms with Crippen molar-refractivity contribution in [3.8, 4) is 0 Å². The zero-order valence-corrected chi connectivity index (χ0v) is 11.4. The molecule has 0 saturated heterocycles. The second kappa shape index (κ2) is 3.89. The van der Waals surface area contributed by atoms with Gasteiger partial charge < -0.3 is 5.84 Å². The van der Waals surface area contributed by atoms with E-state index in [1.54, 1.807) is 11.8 Å². The monoisotopic (exact) mass is 264 g/mol. The zero-order valence-electron chi connectivity index (χ0n) is 10.6. The molecule has 3 N–H and O–H groups in total. The van der Waals surface area contributed by atoms with Gasteiger partial charge >= 0.3 is 0 Å². The third-order valence-corrected chi connectivity index (χ3v) is 6.29. The summed E-state index contributed by atoms with van der Waals surface area (Å²) in [5, 5.41) is 9.05. The summed E-state index contributed by atoms with van der Waals surface area (Å²) in [7, 11) is 0. The summed E-state index contributed by atoms with van der Waals surface area (Å²) in [6.07, 6.45) is 8.62. The summed E-state index contributed by atoms with van der Waals surface area (Å²) in [6, 6.07) is 0. The van der Waals surface area contributed by atoms with E-state index in [1.807, 2.05) is 0 Å². The standard InChI is InChI=1S/C13H20N4S/c14-15-12-17-16-11(7-18-12)13-4-8-1-9(5-13)3-10(2-8)6-13/h8-10H,1-7,14H2,(H,15,17). The number of nitrogens with one attached hydrogen (secondary N) is 1. The Morgan fingerprint density at radius 2 is 1.78 bits per heavy atom. The van der Waals surface area contributed by atoms with Crippen LogP contribution in [-0.4, -0.2) is 16.6 Å². The third kappa shape index (κ3) is 1.59. The van der Waals surface area contributed by atoms with Crippen LogP contribution in [0.15, 0.2) is 10.2 Å². The molecule has 4 nitrogen and oxygen atoms in total. The molecule has 4 saturated carbocycles. The number of nitrogens with zero attached hydrogens (tertiary/aromatic N) is 2. The number of amidine groups is 1. The molecule has 0 aromatic carbocycles. The molecule has 1 heterocycles. The number of nitrogens with two attached hydrogens (primary N) is 1. The van der Waals surface area contributed by atoms with E-state index in [0.29, 0.717) is 5.41 Å². The van der Waals surface area contributed by atoms with Crippen LogP contribution in [-0.2, 0) is 0 Å². The lowest BCUT2D eigenvalue weighted by Gasteiger charge is -2.57. The fourth-order valence-corrected chi connectivity index (χ4v) is 5.95. The molecule has 0 atom stereocenters. The molecule has 18 heavy (non-hydrogen) atoms. The molecular weight excluding hydrogens is 244 g/mol. The van der Waals surface area contributed by atoms with Crippen molar-refractivity contribution in [2.45, 2.75) is 38.5 Å². The van der Waals surface area contributed by atoms with Gasteiger partial charge in [-0.3, -0.25) is 5.43 Å². The Morgan fingerprint density at radius 3 is 2.22 bits per heavy atom. The van der Waals surface area contributed by atoms with Crippen molar-refractivity contribution in [1.82, 2.24) is 5.43 Å². The quantitative estimate of drug-likeness (QED) is 0.563. The van der Waals surface area contributed by atoms with Crippen LogP contribution >= 0.6 is 11.8 Å². The van der Waals surface area contributed by atoms with E-state index in [-0.39, 0.29) is 0 Å². The fourth-order valence-electron chi connectivity index (χ4n) is 5.12. The maximum Gasteiger partial charge on any atom is 0.200 e. The van der Waals surface area contributed by atoms with Crippen LogP contribution in [0.2, 0.25) is 0 Å². The molecule has 5 rings (SSSR count). The Labute approximate surface area is 112 Å². The van der Waals surface area contributed by atoms with Crippen molar-refractivity contribution in [2.24, 2.45) is 39.2 Å². The maximum absolute atomic E-state index is 5.29. The summed E-state index contributed by atoms with van der Waals surface area (Å²) in [5.74, 6) is 9.21. The van der Waals surface area contributed by atoms with Gasteiger partial charge in [0.15, 0.2) is 0 Å². The van der Waals surface area contributed by atoms with E-state index in [1.165, 1.54) is 44.2 Å². The molecule has 0 amide bonds. The first kappa shape index (κ1) is 11.1. The van der Waals surface area contributed by atoms with Crippen molar-refractivity contribution in [3.05, 3.63) is 0 Å². The summed E-state index contributed by atoms with van der Waals surface area (Å²) in [6.45, 7) is 0. The molecule has 0 spiro atoms. The van der Waals surface area contributed by atoms with Crippen molar-refractivity contribution in [3.63, 3.8) is 0 Å². The minimum atomic E-state index is 0.425. The molecule has 0 aromatic heterocycles. The van der Waals surface area contributed by atoms with Gasteiger partial charge in [-0.2, -0.15) is 10.2 Å². The molecule has 1 aliphatic heterocycles. The van der Waals surface area contributed by atoms with E-state index in [0.717, 1.165) is 28.7 Å². The topological polar surface area (TPSA) is 62.8 Å². The lowest BCUT2D eigenvalue weighted by Crippen LogP contribution is -2.52.